The molecule has 2 aliphatic heterocycles. The Hall–Kier alpha value is -1.23. The highest BCUT2D eigenvalue weighted by Gasteiger charge is 2.33. The van der Waals surface area contributed by atoms with Gasteiger partial charge in [0.15, 0.2) is 0 Å². The summed E-state index contributed by atoms with van der Waals surface area (Å²) in [7, 11) is 0. The minimum absolute atomic E-state index is 0.187. The molecule has 0 spiro atoms. The van der Waals surface area contributed by atoms with Crippen LogP contribution < -0.4 is 10.6 Å². The highest BCUT2D eigenvalue weighted by molar-refractivity contribution is 5.74. The fourth-order valence-electron chi connectivity index (χ4n) is 3.27. The molecule has 2 heterocycles. The van der Waals surface area contributed by atoms with E-state index < -0.39 is 25.4 Å². The van der Waals surface area contributed by atoms with Gasteiger partial charge in [0, 0.05) is 38.3 Å². The third-order valence-corrected chi connectivity index (χ3v) is 4.71. The van der Waals surface area contributed by atoms with Crippen molar-refractivity contribution in [3.8, 4) is 0 Å². The number of amides is 2. The van der Waals surface area contributed by atoms with Gasteiger partial charge in [-0.25, -0.2) is 4.79 Å². The van der Waals surface area contributed by atoms with Crippen molar-refractivity contribution in [2.45, 2.75) is 50.1 Å². The number of alkyl halides is 6. The summed E-state index contributed by atoms with van der Waals surface area (Å²) < 4.78 is 73.3. The predicted octanol–water partition coefficient (Wildman–Crippen LogP) is 2.34. The van der Waals surface area contributed by atoms with Crippen LogP contribution in [0, 0.1) is 0 Å². The Kier molecular flexibility index (Phi) is 7.00. The van der Waals surface area contributed by atoms with E-state index in [2.05, 4.69) is 10.6 Å². The van der Waals surface area contributed by atoms with Crippen molar-refractivity contribution < 1.29 is 31.1 Å². The fourth-order valence-corrected chi connectivity index (χ4v) is 3.27. The van der Waals surface area contributed by atoms with Crippen molar-refractivity contribution in [1.29, 1.82) is 0 Å². The molecule has 0 atom stereocenters. The van der Waals surface area contributed by atoms with Crippen LogP contribution in [-0.2, 0) is 0 Å². The molecule has 0 unspecified atom stereocenters. The molecule has 152 valence electrons. The third kappa shape index (κ3) is 7.18. The Balaban J connectivity index is 1.68. The number of urea groups is 1. The molecule has 2 rings (SSSR count). The molecule has 0 radical (unpaired) electrons. The maximum atomic E-state index is 12.5. The molecule has 2 aliphatic rings. The molecule has 0 bridgehead atoms. The van der Waals surface area contributed by atoms with Gasteiger partial charge in [-0.05, 0) is 25.7 Å². The van der Waals surface area contributed by atoms with Crippen LogP contribution in [0.4, 0.5) is 31.1 Å². The average Bonchev–Trinajstić information content (AvgIpc) is 2.57. The van der Waals surface area contributed by atoms with Crippen LogP contribution in [0.1, 0.15) is 25.7 Å². The van der Waals surface area contributed by atoms with Gasteiger partial charge in [0.2, 0.25) is 0 Å². The molecule has 5 nitrogen and oxygen atoms in total. The Morgan fingerprint density at radius 1 is 0.731 bits per heavy atom. The quantitative estimate of drug-likeness (QED) is 0.725. The number of carbonyl (C=O) groups is 1. The second kappa shape index (κ2) is 8.64. The summed E-state index contributed by atoms with van der Waals surface area (Å²) in [5.74, 6) is 0. The molecule has 2 N–H and O–H groups in total. The summed E-state index contributed by atoms with van der Waals surface area (Å²) in [4.78, 5) is 15.7. The maximum absolute atomic E-state index is 12.5. The van der Waals surface area contributed by atoms with E-state index >= 15 is 0 Å². The lowest BCUT2D eigenvalue weighted by atomic mass is 10.0. The van der Waals surface area contributed by atoms with Gasteiger partial charge >= 0.3 is 18.4 Å². The van der Waals surface area contributed by atoms with Crippen molar-refractivity contribution in [3.63, 3.8) is 0 Å². The van der Waals surface area contributed by atoms with Crippen LogP contribution in [0.5, 0.6) is 0 Å². The number of rotatable bonds is 4. The van der Waals surface area contributed by atoms with E-state index in [1.165, 1.54) is 0 Å². The molecular formula is C15H24F6N4O. The third-order valence-electron chi connectivity index (χ3n) is 4.71. The van der Waals surface area contributed by atoms with E-state index in [1.54, 1.807) is 9.80 Å². The molecular weight excluding hydrogens is 366 g/mol. The lowest BCUT2D eigenvalue weighted by Gasteiger charge is -2.39. The highest BCUT2D eigenvalue weighted by atomic mass is 19.4. The monoisotopic (exact) mass is 390 g/mol. The summed E-state index contributed by atoms with van der Waals surface area (Å²) in [5.41, 5.74) is 0. The summed E-state index contributed by atoms with van der Waals surface area (Å²) in [5, 5.41) is 4.91. The van der Waals surface area contributed by atoms with Gasteiger partial charge in [-0.3, -0.25) is 0 Å². The molecule has 0 aromatic rings. The number of piperidine rings is 2. The number of hydrogen-bond acceptors (Lipinski definition) is 3. The first-order chi connectivity index (χ1) is 12.0. The molecule has 2 fully saturated rings. The van der Waals surface area contributed by atoms with Gasteiger partial charge in [0.05, 0.1) is 13.1 Å². The molecule has 0 saturated carbocycles. The Bertz CT molecular complexity index is 414. The topological polar surface area (TPSA) is 47.6 Å². The Labute approximate surface area is 148 Å². The van der Waals surface area contributed by atoms with Crippen LogP contribution >= 0.6 is 0 Å². The van der Waals surface area contributed by atoms with Crippen LogP contribution in [0.3, 0.4) is 0 Å². The largest absolute Gasteiger partial charge is 0.401 e. The van der Waals surface area contributed by atoms with Gasteiger partial charge in [-0.15, -0.1) is 0 Å². The number of nitrogens with one attached hydrogen (secondary N) is 2. The second-order valence-electron chi connectivity index (χ2n) is 6.80. The Morgan fingerprint density at radius 2 is 1.04 bits per heavy atom. The van der Waals surface area contributed by atoms with Crippen molar-refractivity contribution >= 4 is 6.03 Å². The standard InChI is InChI=1S/C15H24F6N4O/c16-14(17,18)9-22-11-1-5-24(6-2-11)13(26)25-7-3-12(4-8-25)23-10-15(19,20)21/h11-12,22-23H,1-10H2. The summed E-state index contributed by atoms with van der Waals surface area (Å²) in [6.45, 7) is -0.573. The zero-order chi connectivity index (χ0) is 19.4. The van der Waals surface area contributed by atoms with Gasteiger partial charge in [0.25, 0.3) is 0 Å². The average molecular weight is 390 g/mol. The first kappa shape index (κ1) is 21.1. The van der Waals surface area contributed by atoms with E-state index in [-0.39, 0.29) is 18.1 Å². The minimum Gasteiger partial charge on any atom is -0.325 e. The zero-order valence-corrected chi connectivity index (χ0v) is 14.3. The highest BCUT2D eigenvalue weighted by Crippen LogP contribution is 2.19. The molecule has 2 amide bonds. The van der Waals surface area contributed by atoms with Gasteiger partial charge < -0.3 is 20.4 Å². The number of likely N-dealkylation sites (tertiary alicyclic amines) is 2. The van der Waals surface area contributed by atoms with Crippen molar-refractivity contribution in [1.82, 2.24) is 20.4 Å². The summed E-state index contributed by atoms with van der Waals surface area (Å²) in [6, 6.07) is -0.718. The fraction of sp³-hybridized carbons (Fsp3) is 0.933. The van der Waals surface area contributed by atoms with E-state index in [9.17, 15) is 31.1 Å². The molecule has 0 aromatic heterocycles. The predicted molar refractivity (Wildman–Crippen MR) is 82.7 cm³/mol. The maximum Gasteiger partial charge on any atom is 0.401 e. The van der Waals surface area contributed by atoms with E-state index in [4.69, 9.17) is 0 Å². The number of nitrogens with zero attached hydrogens (tertiary/aromatic N) is 2. The van der Waals surface area contributed by atoms with E-state index in [0.29, 0.717) is 51.9 Å². The van der Waals surface area contributed by atoms with Crippen LogP contribution in [0.25, 0.3) is 0 Å². The summed E-state index contributed by atoms with van der Waals surface area (Å²) in [6.07, 6.45) is -6.71. The zero-order valence-electron chi connectivity index (χ0n) is 14.3. The Morgan fingerprint density at radius 3 is 1.31 bits per heavy atom. The van der Waals surface area contributed by atoms with Crippen molar-refractivity contribution in [2.24, 2.45) is 0 Å². The number of halogens is 6. The molecule has 26 heavy (non-hydrogen) atoms. The van der Waals surface area contributed by atoms with Crippen molar-refractivity contribution in [3.05, 3.63) is 0 Å². The van der Waals surface area contributed by atoms with Gasteiger partial charge in [-0.1, -0.05) is 0 Å². The lowest BCUT2D eigenvalue weighted by Crippen LogP contribution is -2.53. The van der Waals surface area contributed by atoms with Crippen molar-refractivity contribution in [2.75, 3.05) is 39.3 Å². The van der Waals surface area contributed by atoms with E-state index in [1.807, 2.05) is 0 Å². The SMILES string of the molecule is O=C(N1CCC(NCC(F)(F)F)CC1)N1CCC(NCC(F)(F)F)CC1. The van der Waals surface area contributed by atoms with Gasteiger partial charge in [0.1, 0.15) is 0 Å². The van der Waals surface area contributed by atoms with Gasteiger partial charge in [-0.2, -0.15) is 26.3 Å². The number of hydrogen-bond donors (Lipinski definition) is 2. The molecule has 0 aliphatic carbocycles. The van der Waals surface area contributed by atoms with Crippen LogP contribution in [0.15, 0.2) is 0 Å². The van der Waals surface area contributed by atoms with E-state index in [0.717, 1.165) is 0 Å². The first-order valence-corrected chi connectivity index (χ1v) is 8.67. The lowest BCUT2D eigenvalue weighted by molar-refractivity contribution is -0.127. The first-order valence-electron chi connectivity index (χ1n) is 8.67. The van der Waals surface area contributed by atoms with Crippen LogP contribution in [-0.4, -0.2) is 79.5 Å². The second-order valence-corrected chi connectivity index (χ2v) is 6.80. The normalized spacial score (nSPS) is 21.3. The smallest absolute Gasteiger partial charge is 0.325 e. The number of carbonyl (C=O) groups excluding carboxylic acids is 1. The van der Waals surface area contributed by atoms with Crippen LogP contribution in [0.2, 0.25) is 0 Å². The molecule has 0 aromatic carbocycles. The molecule has 11 heteroatoms. The summed E-state index contributed by atoms with van der Waals surface area (Å²) >= 11 is 0. The minimum atomic E-state index is -4.25. The molecule has 2 saturated heterocycles.